The Labute approximate surface area is 504 Å². The fraction of sp³-hybridized carbons (Fsp3) is 0.189. The molecule has 0 fully saturated rings. The molecular weight excluding hydrogens is 1080 g/mol. The summed E-state index contributed by atoms with van der Waals surface area (Å²) in [7, 11) is 0. The summed E-state index contributed by atoms with van der Waals surface area (Å²) < 4.78 is 6.38. The van der Waals surface area contributed by atoms with E-state index in [2.05, 4.69) is 64.1 Å². The minimum absolute atomic E-state index is 0.105. The lowest BCUT2D eigenvalue weighted by Gasteiger charge is -2.29. The second kappa shape index (κ2) is 23.7. The molecule has 0 bridgehead atoms. The third-order valence-corrected chi connectivity index (χ3v) is 16.6. The number of hydrogen-bond donors (Lipinski definition) is 0. The molecule has 2 heterocycles. The zero-order valence-electron chi connectivity index (χ0n) is 48.6. The van der Waals surface area contributed by atoms with Crippen molar-refractivity contribution in [3.63, 3.8) is 0 Å². The molecule has 0 N–H and O–H groups in total. The third kappa shape index (κ3) is 10.6. The number of anilines is 4. The molecule has 0 saturated carbocycles. The average molecular weight is 1150 g/mol. The first-order chi connectivity index (χ1) is 42.2. The Hall–Kier alpha value is -10.8. The molecule has 0 saturated heterocycles. The van der Waals surface area contributed by atoms with E-state index in [9.17, 15) is 29.7 Å². The van der Waals surface area contributed by atoms with Crippen molar-refractivity contribution in [3.8, 4) is 23.6 Å². The lowest BCUT2D eigenvalue weighted by molar-refractivity contribution is 0.0877. The van der Waals surface area contributed by atoms with Gasteiger partial charge in [0.1, 0.15) is 11.5 Å². The van der Waals surface area contributed by atoms with Crippen LogP contribution in [0.3, 0.4) is 0 Å². The number of benzene rings is 8. The van der Waals surface area contributed by atoms with E-state index < -0.39 is 35.4 Å². The summed E-state index contributed by atoms with van der Waals surface area (Å²) in [6.07, 6.45) is 18.3. The van der Waals surface area contributed by atoms with Crippen molar-refractivity contribution in [2.24, 2.45) is 11.8 Å². The number of rotatable bonds is 18. The fourth-order valence-corrected chi connectivity index (χ4v) is 12.1. The lowest BCUT2D eigenvalue weighted by atomic mass is 9.88. The van der Waals surface area contributed by atoms with E-state index in [1.54, 1.807) is 119 Å². The Bertz CT molecular complexity index is 4330. The van der Waals surface area contributed by atoms with Crippen LogP contribution >= 0.6 is 0 Å². The van der Waals surface area contributed by atoms with Gasteiger partial charge in [0, 0.05) is 85.3 Å². The topological polar surface area (TPSA) is 172 Å². The van der Waals surface area contributed by atoms with Crippen molar-refractivity contribution in [1.29, 1.82) is 10.5 Å². The normalized spacial score (nSPS) is 14.2. The summed E-state index contributed by atoms with van der Waals surface area (Å²) in [6.45, 7) is 9.10. The van der Waals surface area contributed by atoms with Crippen LogP contribution in [-0.2, 0) is 0 Å². The number of ether oxygens (including phenoxy) is 1. The number of nitrogens with zero attached hydrogens (tertiary/aromatic N) is 6. The molecule has 0 spiro atoms. The molecule has 4 aliphatic rings. The Kier molecular flexibility index (Phi) is 15.5. The van der Waals surface area contributed by atoms with Crippen LogP contribution in [0.25, 0.3) is 27.1 Å². The second-order valence-electron chi connectivity index (χ2n) is 23.1. The molecule has 0 unspecified atom stereocenters. The predicted molar refractivity (Wildman–Crippen MR) is 340 cm³/mol. The van der Waals surface area contributed by atoms with Gasteiger partial charge in [0.2, 0.25) is 0 Å². The van der Waals surface area contributed by atoms with Gasteiger partial charge in [-0.3, -0.25) is 28.8 Å². The summed E-state index contributed by atoms with van der Waals surface area (Å²) in [6, 6.07) is 45.7. The fourth-order valence-electron chi connectivity index (χ4n) is 12.1. The van der Waals surface area contributed by atoms with Crippen molar-refractivity contribution in [2.45, 2.75) is 65.7 Å². The third-order valence-electron chi connectivity index (χ3n) is 16.6. The molecule has 12 rings (SSSR count). The van der Waals surface area contributed by atoms with Crippen LogP contribution in [0.2, 0.25) is 0 Å². The minimum Gasteiger partial charge on any atom is -0.457 e. The van der Waals surface area contributed by atoms with E-state index in [0.717, 1.165) is 45.8 Å². The number of carbonyl (C=O) groups excluding carboxylic acids is 6. The quantitative estimate of drug-likeness (QED) is 0.0599. The van der Waals surface area contributed by atoms with Gasteiger partial charge in [0.05, 0.1) is 34.6 Å². The molecule has 0 atom stereocenters. The molecule has 0 radical (unpaired) electrons. The van der Waals surface area contributed by atoms with E-state index in [1.165, 1.54) is 12.1 Å². The highest BCUT2D eigenvalue weighted by molar-refractivity contribution is 6.38. The molecule has 0 aromatic heterocycles. The van der Waals surface area contributed by atoms with E-state index in [1.807, 2.05) is 42.5 Å². The molecular formula is C74H60N6O7. The zero-order valence-corrected chi connectivity index (χ0v) is 48.6. The van der Waals surface area contributed by atoms with E-state index in [4.69, 9.17) is 4.74 Å². The number of amides is 6. The van der Waals surface area contributed by atoms with Crippen LogP contribution in [0.5, 0.6) is 11.5 Å². The van der Waals surface area contributed by atoms with Gasteiger partial charge >= 0.3 is 0 Å². The summed E-state index contributed by atoms with van der Waals surface area (Å²) >= 11 is 0. The number of carbonyl (C=O) groups is 6. The highest BCUT2D eigenvalue weighted by Gasteiger charge is 2.39. The van der Waals surface area contributed by atoms with Crippen molar-refractivity contribution in [1.82, 2.24) is 0 Å². The highest BCUT2D eigenvalue weighted by atomic mass is 16.5. The first-order valence-electron chi connectivity index (χ1n) is 29.4. The van der Waals surface area contributed by atoms with E-state index in [0.29, 0.717) is 66.1 Å². The largest absolute Gasteiger partial charge is 0.457 e. The van der Waals surface area contributed by atoms with Gasteiger partial charge in [-0.2, -0.15) is 10.5 Å². The summed E-state index contributed by atoms with van der Waals surface area (Å²) in [4.78, 5) is 93.3. The smallest absolute Gasteiger partial charge is 0.265 e. The van der Waals surface area contributed by atoms with Gasteiger partial charge < -0.3 is 14.5 Å². The lowest BCUT2D eigenvalue weighted by Crippen LogP contribution is -2.41. The van der Waals surface area contributed by atoms with E-state index >= 15 is 9.59 Å². The van der Waals surface area contributed by atoms with Crippen LogP contribution in [0.15, 0.2) is 188 Å². The molecule has 8 aromatic carbocycles. The van der Waals surface area contributed by atoms with Crippen molar-refractivity contribution < 1.29 is 33.5 Å². The summed E-state index contributed by atoms with van der Waals surface area (Å²) in [5.41, 5.74) is 6.55. The molecule has 428 valence electrons. The van der Waals surface area contributed by atoms with Gasteiger partial charge in [0.15, 0.2) is 0 Å². The number of nitriles is 2. The monoisotopic (exact) mass is 1140 g/mol. The Morgan fingerprint density at radius 2 is 0.977 bits per heavy atom. The van der Waals surface area contributed by atoms with E-state index in [-0.39, 0.29) is 77.9 Å². The molecule has 8 aromatic rings. The van der Waals surface area contributed by atoms with Gasteiger partial charge in [-0.15, -0.1) is 0 Å². The van der Waals surface area contributed by atoms with Gasteiger partial charge in [-0.25, -0.2) is 9.80 Å². The predicted octanol–water partition coefficient (Wildman–Crippen LogP) is 15.8. The molecule has 13 nitrogen and oxygen atoms in total. The Morgan fingerprint density at radius 3 is 1.41 bits per heavy atom. The van der Waals surface area contributed by atoms with Gasteiger partial charge in [-0.1, -0.05) is 107 Å². The average Bonchev–Trinajstić information content (AvgIpc) is 0.929. The number of imide groups is 2. The standard InChI is InChI=1S/C74H60N6O7/c1-45(2)11-9-10-41-77(69(81)59-36-38-63-67-61(34-20-51(43-75)65(59)67)71(83)79(73(63)85)55-22-16-49(17-23-55)47-12-5-6-13-47)53-26-30-57(31-27-53)87-58-32-28-54(29-33-58)78(42-40-46(3)4)70(82)60-37-39-64-68-62(35-21-52(44-76)66(60)68)72(84)80(74(64)86)56-24-18-50(19-25-56)48-14-7-8-15-48/h5,7-8,12-39,45-46,48H,6,9-11,40-42H2,1-4H3. The first kappa shape index (κ1) is 56.7. The zero-order chi connectivity index (χ0) is 60.6. The molecule has 13 heteroatoms. The minimum atomic E-state index is -0.552. The first-order valence-corrected chi connectivity index (χ1v) is 29.4. The summed E-state index contributed by atoms with van der Waals surface area (Å²) in [5.74, 6) is -1.29. The molecule has 2 aliphatic heterocycles. The maximum absolute atomic E-state index is 15.2. The van der Waals surface area contributed by atoms with Crippen LogP contribution in [-0.4, -0.2) is 48.5 Å². The van der Waals surface area contributed by atoms with Crippen LogP contribution in [0, 0.1) is 34.5 Å². The summed E-state index contributed by atoms with van der Waals surface area (Å²) in [5, 5.41) is 22.0. The Balaban J connectivity index is 0.803. The van der Waals surface area contributed by atoms with Crippen molar-refractivity contribution >= 4 is 85.3 Å². The van der Waals surface area contributed by atoms with Crippen molar-refractivity contribution in [3.05, 3.63) is 244 Å². The second-order valence-corrected chi connectivity index (χ2v) is 23.1. The molecule has 6 amide bonds. The maximum Gasteiger partial charge on any atom is 0.265 e. The van der Waals surface area contributed by atoms with Crippen molar-refractivity contribution in [2.75, 3.05) is 32.7 Å². The SMILES string of the molecule is CC(C)CCCCN(C(=O)c1ccc2c3c(ccc(C#N)c13)C(=O)N(c1ccc(C3=CCC=C3)cc1)C2=O)c1ccc(Oc2ccc(N(CCC(C)C)C(=O)c3ccc4c5c(ccc(C#N)c35)C(=O)N(c3ccc(C5C=CC=C5)cc3)C4=O)cc2)cc1. The Morgan fingerprint density at radius 1 is 0.529 bits per heavy atom. The van der Waals surface area contributed by atoms with Crippen LogP contribution < -0.4 is 24.3 Å². The highest BCUT2D eigenvalue weighted by Crippen LogP contribution is 2.41. The van der Waals surface area contributed by atoms with Crippen LogP contribution in [0.4, 0.5) is 22.7 Å². The molecule has 87 heavy (non-hydrogen) atoms. The van der Waals surface area contributed by atoms with Gasteiger partial charge in [0.25, 0.3) is 35.4 Å². The molecule has 2 aliphatic carbocycles. The number of unbranched alkanes of at least 4 members (excludes halogenated alkanes) is 1. The van der Waals surface area contributed by atoms with Crippen LogP contribution in [0.1, 0.15) is 150 Å². The number of hydrogen-bond acceptors (Lipinski definition) is 9. The maximum atomic E-state index is 15.2. The number of allylic oxidation sites excluding steroid dienone is 8. The van der Waals surface area contributed by atoms with Gasteiger partial charge in [-0.05, 0) is 169 Å².